The van der Waals surface area contributed by atoms with Crippen molar-refractivity contribution in [1.29, 1.82) is 5.26 Å². The van der Waals surface area contributed by atoms with Gasteiger partial charge in [-0.15, -0.1) is 0 Å². The summed E-state index contributed by atoms with van der Waals surface area (Å²) in [7, 11) is 0. The van der Waals surface area contributed by atoms with Crippen molar-refractivity contribution < 1.29 is 9.59 Å². The molecule has 2 aromatic carbocycles. The molecule has 7 nitrogen and oxygen atoms in total. The van der Waals surface area contributed by atoms with Crippen LogP contribution in [-0.4, -0.2) is 43.0 Å². The number of nitriles is 1. The molecular weight excluding hydrogens is 402 g/mol. The van der Waals surface area contributed by atoms with Gasteiger partial charge in [0.05, 0.1) is 17.2 Å². The summed E-state index contributed by atoms with van der Waals surface area (Å²) in [5, 5.41) is 14.5. The van der Waals surface area contributed by atoms with Crippen LogP contribution in [0.2, 0.25) is 0 Å². The van der Waals surface area contributed by atoms with Gasteiger partial charge in [-0.1, -0.05) is 6.92 Å². The summed E-state index contributed by atoms with van der Waals surface area (Å²) in [5.41, 5.74) is 3.30. The molecule has 0 spiro atoms. The van der Waals surface area contributed by atoms with Gasteiger partial charge in [0.15, 0.2) is 0 Å². The Morgan fingerprint density at radius 2 is 1.56 bits per heavy atom. The van der Waals surface area contributed by atoms with Gasteiger partial charge in [-0.3, -0.25) is 4.79 Å². The molecule has 2 aliphatic rings. The normalized spacial score (nSPS) is 16.5. The third-order valence-electron chi connectivity index (χ3n) is 6.27. The fourth-order valence-corrected chi connectivity index (χ4v) is 4.32. The maximum atomic E-state index is 13.3. The van der Waals surface area contributed by atoms with Crippen molar-refractivity contribution in [2.75, 3.05) is 41.7 Å². The number of anilines is 3. The predicted molar refractivity (Wildman–Crippen MR) is 126 cm³/mol. The number of rotatable bonds is 4. The van der Waals surface area contributed by atoms with Gasteiger partial charge in [-0.05, 0) is 74.1 Å². The first-order chi connectivity index (χ1) is 15.5. The third kappa shape index (κ3) is 5.02. The Hall–Kier alpha value is -3.53. The number of hydrogen-bond acceptors (Lipinski definition) is 4. The molecule has 2 saturated heterocycles. The van der Waals surface area contributed by atoms with Crippen LogP contribution in [0.3, 0.4) is 0 Å². The number of carbonyl (C=O) groups is 2. The van der Waals surface area contributed by atoms with Gasteiger partial charge >= 0.3 is 6.03 Å². The lowest BCUT2D eigenvalue weighted by atomic mass is 9.97. The Balaban J connectivity index is 1.53. The lowest BCUT2D eigenvalue weighted by molar-refractivity contribution is 0.0793. The van der Waals surface area contributed by atoms with Crippen molar-refractivity contribution in [2.24, 2.45) is 5.92 Å². The van der Waals surface area contributed by atoms with E-state index in [9.17, 15) is 9.59 Å². The minimum Gasteiger partial charge on any atom is -0.371 e. The topological polar surface area (TPSA) is 88.5 Å². The number of nitrogens with one attached hydrogen (secondary N) is 2. The van der Waals surface area contributed by atoms with E-state index >= 15 is 0 Å². The Morgan fingerprint density at radius 1 is 0.938 bits per heavy atom. The van der Waals surface area contributed by atoms with Crippen LogP contribution in [-0.2, 0) is 0 Å². The van der Waals surface area contributed by atoms with E-state index in [1.165, 1.54) is 0 Å². The second-order valence-electron chi connectivity index (χ2n) is 8.67. The number of urea groups is 1. The standard InChI is InChI=1S/C25H29N5O2/c1-18-10-14-29(15-11-18)23-9-8-21(16-22(23)24(31)30-12-2-3-13-30)28-25(32)27-20-6-4-19(17-26)5-7-20/h4-9,16,18H,2-3,10-15H2,1H3,(H2,27,28,32). The molecule has 0 bridgehead atoms. The quantitative estimate of drug-likeness (QED) is 0.736. The van der Waals surface area contributed by atoms with E-state index in [-0.39, 0.29) is 5.91 Å². The highest BCUT2D eigenvalue weighted by Gasteiger charge is 2.26. The molecule has 0 atom stereocenters. The molecule has 7 heteroatoms. The van der Waals surface area contributed by atoms with Crippen LogP contribution in [0.5, 0.6) is 0 Å². The highest BCUT2D eigenvalue weighted by Crippen LogP contribution is 2.30. The fraction of sp³-hybridized carbons (Fsp3) is 0.400. The Bertz CT molecular complexity index is 1010. The first-order valence-electron chi connectivity index (χ1n) is 11.3. The number of hydrogen-bond donors (Lipinski definition) is 2. The molecule has 2 aliphatic heterocycles. The summed E-state index contributed by atoms with van der Waals surface area (Å²) in [4.78, 5) is 30.0. The number of likely N-dealkylation sites (tertiary alicyclic amines) is 1. The van der Waals surface area contributed by atoms with Gasteiger partial charge in [0.2, 0.25) is 0 Å². The molecule has 0 unspecified atom stereocenters. The molecule has 0 radical (unpaired) electrons. The summed E-state index contributed by atoms with van der Waals surface area (Å²) < 4.78 is 0. The summed E-state index contributed by atoms with van der Waals surface area (Å²) in [6, 6.07) is 13.9. The second-order valence-corrected chi connectivity index (χ2v) is 8.67. The summed E-state index contributed by atoms with van der Waals surface area (Å²) >= 11 is 0. The molecule has 2 heterocycles. The van der Waals surface area contributed by atoms with E-state index in [2.05, 4.69) is 28.5 Å². The van der Waals surface area contributed by atoms with Crippen LogP contribution in [0.15, 0.2) is 42.5 Å². The van der Waals surface area contributed by atoms with Gasteiger partial charge < -0.3 is 20.4 Å². The molecule has 2 N–H and O–H groups in total. The molecule has 0 saturated carbocycles. The van der Waals surface area contributed by atoms with Crippen molar-refractivity contribution in [1.82, 2.24) is 4.90 Å². The molecule has 166 valence electrons. The smallest absolute Gasteiger partial charge is 0.323 e. The van der Waals surface area contributed by atoms with Crippen LogP contribution in [0, 0.1) is 17.2 Å². The van der Waals surface area contributed by atoms with Crippen LogP contribution in [0.25, 0.3) is 0 Å². The van der Waals surface area contributed by atoms with Crippen LogP contribution < -0.4 is 15.5 Å². The van der Waals surface area contributed by atoms with E-state index in [4.69, 9.17) is 5.26 Å². The molecule has 3 amide bonds. The number of carbonyl (C=O) groups excluding carboxylic acids is 2. The Labute approximate surface area is 189 Å². The van der Waals surface area contributed by atoms with Crippen molar-refractivity contribution in [3.8, 4) is 6.07 Å². The SMILES string of the molecule is CC1CCN(c2ccc(NC(=O)Nc3ccc(C#N)cc3)cc2C(=O)N2CCCC2)CC1. The van der Waals surface area contributed by atoms with E-state index in [0.29, 0.717) is 28.4 Å². The maximum absolute atomic E-state index is 13.3. The zero-order chi connectivity index (χ0) is 22.5. The van der Waals surface area contributed by atoms with Crippen molar-refractivity contribution >= 4 is 29.0 Å². The van der Waals surface area contributed by atoms with E-state index in [1.54, 1.807) is 30.3 Å². The zero-order valence-electron chi connectivity index (χ0n) is 18.4. The molecule has 32 heavy (non-hydrogen) atoms. The zero-order valence-corrected chi connectivity index (χ0v) is 18.4. The van der Waals surface area contributed by atoms with Gasteiger partial charge in [0.1, 0.15) is 0 Å². The first kappa shape index (κ1) is 21.7. The highest BCUT2D eigenvalue weighted by molar-refractivity contribution is 6.04. The molecule has 2 fully saturated rings. The average molecular weight is 432 g/mol. The third-order valence-corrected chi connectivity index (χ3v) is 6.27. The first-order valence-corrected chi connectivity index (χ1v) is 11.3. The Morgan fingerprint density at radius 3 is 2.22 bits per heavy atom. The predicted octanol–water partition coefficient (Wildman–Crippen LogP) is 4.67. The number of nitrogens with zero attached hydrogens (tertiary/aromatic N) is 3. The minimum atomic E-state index is -0.395. The number of amides is 3. The molecular formula is C25H29N5O2. The average Bonchev–Trinajstić information content (AvgIpc) is 3.35. The molecule has 0 aliphatic carbocycles. The summed E-state index contributed by atoms with van der Waals surface area (Å²) in [6.45, 7) is 5.71. The largest absolute Gasteiger partial charge is 0.371 e. The highest BCUT2D eigenvalue weighted by atomic mass is 16.2. The van der Waals surface area contributed by atoms with Crippen LogP contribution in [0.1, 0.15) is 48.5 Å². The number of piperidine rings is 1. The molecule has 2 aromatic rings. The minimum absolute atomic E-state index is 0.0345. The van der Waals surface area contributed by atoms with Gasteiger partial charge in [-0.2, -0.15) is 5.26 Å². The van der Waals surface area contributed by atoms with Gasteiger partial charge in [0, 0.05) is 43.2 Å². The van der Waals surface area contributed by atoms with E-state index in [1.807, 2.05) is 17.0 Å². The second kappa shape index (κ2) is 9.73. The lowest BCUT2D eigenvalue weighted by Crippen LogP contribution is -2.35. The van der Waals surface area contributed by atoms with Crippen molar-refractivity contribution in [2.45, 2.75) is 32.6 Å². The fourth-order valence-electron chi connectivity index (χ4n) is 4.32. The van der Waals surface area contributed by atoms with Gasteiger partial charge in [0.25, 0.3) is 5.91 Å². The summed E-state index contributed by atoms with van der Waals surface area (Å²) in [6.07, 6.45) is 4.30. The van der Waals surface area contributed by atoms with E-state index < -0.39 is 6.03 Å². The monoisotopic (exact) mass is 431 g/mol. The van der Waals surface area contributed by atoms with Crippen LogP contribution >= 0.6 is 0 Å². The lowest BCUT2D eigenvalue weighted by Gasteiger charge is -2.34. The molecule has 0 aromatic heterocycles. The van der Waals surface area contributed by atoms with E-state index in [0.717, 1.165) is 57.5 Å². The maximum Gasteiger partial charge on any atom is 0.323 e. The Kier molecular flexibility index (Phi) is 6.60. The summed E-state index contributed by atoms with van der Waals surface area (Å²) in [5.74, 6) is 0.739. The van der Waals surface area contributed by atoms with Crippen molar-refractivity contribution in [3.05, 3.63) is 53.6 Å². The van der Waals surface area contributed by atoms with Crippen LogP contribution in [0.4, 0.5) is 21.9 Å². The van der Waals surface area contributed by atoms with Gasteiger partial charge in [-0.25, -0.2) is 4.79 Å². The van der Waals surface area contributed by atoms with Crippen molar-refractivity contribution in [3.63, 3.8) is 0 Å². The molecule has 4 rings (SSSR count). The number of benzene rings is 2.